The van der Waals surface area contributed by atoms with Gasteiger partial charge in [0.25, 0.3) is 0 Å². The first-order chi connectivity index (χ1) is 9.58. The first-order valence-corrected chi connectivity index (χ1v) is 6.80. The number of rotatable bonds is 6. The summed E-state index contributed by atoms with van der Waals surface area (Å²) in [5, 5.41) is 12.0. The molecule has 4 heteroatoms. The predicted octanol–water partition coefficient (Wildman–Crippen LogP) is 1.91. The lowest BCUT2D eigenvalue weighted by molar-refractivity contribution is -0.116. The average molecular weight is 275 g/mol. The van der Waals surface area contributed by atoms with E-state index in [9.17, 15) is 9.90 Å². The molecule has 2 N–H and O–H groups in total. The highest BCUT2D eigenvalue weighted by Gasteiger charge is 2.41. The zero-order valence-electron chi connectivity index (χ0n) is 12.0. The van der Waals surface area contributed by atoms with Gasteiger partial charge in [-0.2, -0.15) is 0 Å². The fourth-order valence-corrected chi connectivity index (χ4v) is 2.05. The predicted molar refractivity (Wildman–Crippen MR) is 78.5 cm³/mol. The van der Waals surface area contributed by atoms with E-state index >= 15 is 0 Å². The Morgan fingerprint density at radius 1 is 1.50 bits per heavy atom. The summed E-state index contributed by atoms with van der Waals surface area (Å²) in [5.74, 6) is 0.599. The highest BCUT2D eigenvalue weighted by molar-refractivity contribution is 5.92. The molecule has 20 heavy (non-hydrogen) atoms. The Kier molecular flexibility index (Phi) is 4.45. The highest BCUT2D eigenvalue weighted by atomic mass is 16.5. The molecular weight excluding hydrogens is 254 g/mol. The summed E-state index contributed by atoms with van der Waals surface area (Å²) in [7, 11) is 1.61. The molecular formula is C16H21NO3. The molecule has 1 aromatic rings. The zero-order valence-corrected chi connectivity index (χ0v) is 12.0. The molecule has 0 saturated heterocycles. The second kappa shape index (κ2) is 6.09. The maximum Gasteiger partial charge on any atom is 0.244 e. The van der Waals surface area contributed by atoms with Crippen LogP contribution in [0.5, 0.6) is 5.75 Å². The number of aliphatic hydroxyl groups is 1. The number of hydrogen-bond donors (Lipinski definition) is 2. The normalized spacial score (nSPS) is 16.1. The summed E-state index contributed by atoms with van der Waals surface area (Å²) >= 11 is 0. The van der Waals surface area contributed by atoms with E-state index in [1.807, 2.05) is 25.1 Å². The molecule has 1 aliphatic carbocycles. The number of carbonyl (C=O) groups is 1. The van der Waals surface area contributed by atoms with Crippen molar-refractivity contribution in [3.05, 3.63) is 35.4 Å². The van der Waals surface area contributed by atoms with E-state index < -0.39 is 0 Å². The van der Waals surface area contributed by atoms with Gasteiger partial charge < -0.3 is 15.2 Å². The third-order valence-electron chi connectivity index (χ3n) is 3.73. The van der Waals surface area contributed by atoms with Crippen LogP contribution in [-0.2, 0) is 4.79 Å². The summed E-state index contributed by atoms with van der Waals surface area (Å²) in [4.78, 5) is 11.8. The molecule has 0 spiro atoms. The van der Waals surface area contributed by atoms with Gasteiger partial charge in [-0.05, 0) is 38.0 Å². The van der Waals surface area contributed by atoms with E-state index in [0.717, 1.165) is 29.7 Å². The van der Waals surface area contributed by atoms with Gasteiger partial charge in [0.05, 0.1) is 13.7 Å². The van der Waals surface area contributed by atoms with Crippen molar-refractivity contribution in [3.8, 4) is 5.75 Å². The maximum atomic E-state index is 11.8. The third-order valence-corrected chi connectivity index (χ3v) is 3.73. The van der Waals surface area contributed by atoms with Crippen LogP contribution in [0.3, 0.4) is 0 Å². The molecule has 1 aliphatic rings. The van der Waals surface area contributed by atoms with Crippen LogP contribution in [0.1, 0.15) is 24.0 Å². The van der Waals surface area contributed by atoms with E-state index in [1.165, 1.54) is 6.08 Å². The Balaban J connectivity index is 1.95. The van der Waals surface area contributed by atoms with Crippen molar-refractivity contribution in [3.63, 3.8) is 0 Å². The number of carbonyl (C=O) groups excluding carboxylic acids is 1. The first-order valence-electron chi connectivity index (χ1n) is 6.80. The topological polar surface area (TPSA) is 58.6 Å². The minimum absolute atomic E-state index is 0.0650. The van der Waals surface area contributed by atoms with Crippen molar-refractivity contribution in [1.29, 1.82) is 0 Å². The van der Waals surface area contributed by atoms with Crippen molar-refractivity contribution in [2.45, 2.75) is 19.8 Å². The molecule has 4 nitrogen and oxygen atoms in total. The lowest BCUT2D eigenvalue weighted by atomic mass is 10.1. The molecule has 0 aliphatic heterocycles. The standard InChI is InChI=1S/C16H21NO3/c1-12-3-5-14(20-2)13(9-12)4-6-15(19)17-10-16(11-18)7-8-16/h3-6,9,18H,7-8,10-11H2,1-2H3,(H,17,19)/b6-4+. The second-order valence-corrected chi connectivity index (χ2v) is 5.45. The number of hydrogen-bond acceptors (Lipinski definition) is 3. The average Bonchev–Trinajstić information content (AvgIpc) is 3.24. The Labute approximate surface area is 119 Å². The van der Waals surface area contributed by atoms with E-state index in [-0.39, 0.29) is 17.9 Å². The zero-order chi connectivity index (χ0) is 14.6. The molecule has 1 saturated carbocycles. The lowest BCUT2D eigenvalue weighted by Gasteiger charge is -2.11. The highest BCUT2D eigenvalue weighted by Crippen LogP contribution is 2.44. The molecule has 2 rings (SSSR count). The lowest BCUT2D eigenvalue weighted by Crippen LogP contribution is -2.30. The van der Waals surface area contributed by atoms with E-state index in [0.29, 0.717) is 6.54 Å². The van der Waals surface area contributed by atoms with E-state index in [2.05, 4.69) is 5.32 Å². The van der Waals surface area contributed by atoms with Gasteiger partial charge in [0.15, 0.2) is 0 Å². The monoisotopic (exact) mass is 275 g/mol. The Morgan fingerprint density at radius 3 is 2.85 bits per heavy atom. The number of aliphatic hydroxyl groups excluding tert-OH is 1. The quantitative estimate of drug-likeness (QED) is 0.780. The molecule has 1 fully saturated rings. The van der Waals surface area contributed by atoms with Crippen molar-refractivity contribution < 1.29 is 14.6 Å². The van der Waals surface area contributed by atoms with Crippen LogP contribution in [0.2, 0.25) is 0 Å². The van der Waals surface area contributed by atoms with Crippen molar-refractivity contribution in [2.24, 2.45) is 5.41 Å². The number of benzene rings is 1. The molecule has 1 amide bonds. The summed E-state index contributed by atoms with van der Waals surface area (Å²) in [5.41, 5.74) is 1.93. The van der Waals surface area contributed by atoms with E-state index in [4.69, 9.17) is 4.74 Å². The number of methoxy groups -OCH3 is 1. The summed E-state index contributed by atoms with van der Waals surface area (Å²) in [6, 6.07) is 5.82. The molecule has 0 atom stereocenters. The molecule has 108 valence electrons. The molecule has 0 aromatic heterocycles. The molecule has 0 radical (unpaired) electrons. The number of aryl methyl sites for hydroxylation is 1. The molecule has 0 heterocycles. The fourth-order valence-electron chi connectivity index (χ4n) is 2.05. The Hall–Kier alpha value is -1.81. The summed E-state index contributed by atoms with van der Waals surface area (Å²) in [6.07, 6.45) is 5.23. The minimum Gasteiger partial charge on any atom is -0.496 e. The first kappa shape index (κ1) is 14.6. The van der Waals surface area contributed by atoms with Crippen LogP contribution in [0.4, 0.5) is 0 Å². The Morgan fingerprint density at radius 2 is 2.25 bits per heavy atom. The van der Waals surface area contributed by atoms with Gasteiger partial charge in [0.1, 0.15) is 5.75 Å². The van der Waals surface area contributed by atoms with Gasteiger partial charge >= 0.3 is 0 Å². The number of nitrogens with one attached hydrogen (secondary N) is 1. The van der Waals surface area contributed by atoms with E-state index in [1.54, 1.807) is 13.2 Å². The van der Waals surface area contributed by atoms with Crippen LogP contribution in [0, 0.1) is 12.3 Å². The molecule has 1 aromatic carbocycles. The SMILES string of the molecule is COc1ccc(C)cc1/C=C/C(=O)NCC1(CO)CC1. The Bertz CT molecular complexity index is 518. The molecule has 0 bridgehead atoms. The summed E-state index contributed by atoms with van der Waals surface area (Å²) in [6.45, 7) is 2.68. The van der Waals surface area contributed by atoms with Crippen LogP contribution in [0.25, 0.3) is 6.08 Å². The van der Waals surface area contributed by atoms with Crippen molar-refractivity contribution >= 4 is 12.0 Å². The van der Waals surface area contributed by atoms with Crippen molar-refractivity contribution in [1.82, 2.24) is 5.32 Å². The van der Waals surface area contributed by atoms with Gasteiger partial charge in [0, 0.05) is 23.6 Å². The number of ether oxygens (including phenoxy) is 1. The van der Waals surface area contributed by atoms with Crippen LogP contribution in [0.15, 0.2) is 24.3 Å². The van der Waals surface area contributed by atoms with Crippen LogP contribution in [-0.4, -0.2) is 31.3 Å². The third kappa shape index (κ3) is 3.61. The fraction of sp³-hybridized carbons (Fsp3) is 0.438. The van der Waals surface area contributed by atoms with Crippen LogP contribution < -0.4 is 10.1 Å². The summed E-state index contributed by atoms with van der Waals surface area (Å²) < 4.78 is 5.26. The number of amides is 1. The largest absolute Gasteiger partial charge is 0.496 e. The van der Waals surface area contributed by atoms with Gasteiger partial charge in [-0.1, -0.05) is 11.6 Å². The second-order valence-electron chi connectivity index (χ2n) is 5.45. The minimum atomic E-state index is -0.145. The maximum absolute atomic E-state index is 11.8. The smallest absolute Gasteiger partial charge is 0.244 e. The van der Waals surface area contributed by atoms with Gasteiger partial charge in [0.2, 0.25) is 5.91 Å². The van der Waals surface area contributed by atoms with Gasteiger partial charge in [-0.25, -0.2) is 0 Å². The molecule has 0 unspecified atom stereocenters. The van der Waals surface area contributed by atoms with Crippen molar-refractivity contribution in [2.75, 3.05) is 20.3 Å². The van der Waals surface area contributed by atoms with Crippen LogP contribution >= 0.6 is 0 Å². The van der Waals surface area contributed by atoms with Gasteiger partial charge in [-0.15, -0.1) is 0 Å². The van der Waals surface area contributed by atoms with Gasteiger partial charge in [-0.3, -0.25) is 4.79 Å².